The molecule has 1 heterocycles. The number of fused-ring (bicyclic) bond motifs is 1. The zero-order valence-corrected chi connectivity index (χ0v) is 12.5. The van der Waals surface area contributed by atoms with Crippen molar-refractivity contribution in [1.82, 2.24) is 0 Å². The molecule has 5 nitrogen and oxygen atoms in total. The molecule has 114 valence electrons. The van der Waals surface area contributed by atoms with Gasteiger partial charge in [0.25, 0.3) is 5.91 Å². The number of amides is 1. The van der Waals surface area contributed by atoms with E-state index in [2.05, 4.69) is 5.32 Å². The molecule has 1 N–H and O–H groups in total. The third kappa shape index (κ3) is 2.70. The van der Waals surface area contributed by atoms with Gasteiger partial charge in [-0.25, -0.2) is 0 Å². The summed E-state index contributed by atoms with van der Waals surface area (Å²) in [5, 5.41) is 2.85. The number of hydrogen-bond acceptors (Lipinski definition) is 4. The van der Waals surface area contributed by atoms with Crippen molar-refractivity contribution in [2.24, 2.45) is 0 Å². The lowest BCUT2D eigenvalue weighted by Gasteiger charge is -2.14. The van der Waals surface area contributed by atoms with Crippen molar-refractivity contribution >= 4 is 11.6 Å². The minimum absolute atomic E-state index is 0.195. The molecule has 1 amide bonds. The minimum Gasteiger partial charge on any atom is -0.497 e. The van der Waals surface area contributed by atoms with Gasteiger partial charge in [-0.05, 0) is 23.8 Å². The molecule has 2 aromatic carbocycles. The van der Waals surface area contributed by atoms with Crippen molar-refractivity contribution in [3.63, 3.8) is 0 Å². The first-order chi connectivity index (χ1) is 10.7. The Morgan fingerprint density at radius 1 is 1.18 bits per heavy atom. The van der Waals surface area contributed by atoms with E-state index >= 15 is 0 Å². The van der Waals surface area contributed by atoms with Gasteiger partial charge < -0.3 is 19.5 Å². The monoisotopic (exact) mass is 299 g/mol. The third-order valence-corrected chi connectivity index (χ3v) is 3.61. The van der Waals surface area contributed by atoms with Gasteiger partial charge >= 0.3 is 0 Å². The normalized spacial score (nSPS) is 15.6. The van der Waals surface area contributed by atoms with Crippen LogP contribution in [-0.4, -0.2) is 26.2 Å². The van der Waals surface area contributed by atoms with Crippen molar-refractivity contribution in [2.75, 3.05) is 19.5 Å². The highest BCUT2D eigenvalue weighted by molar-refractivity contribution is 5.96. The smallest absolute Gasteiger partial charge is 0.265 e. The number of carbonyl (C=O) groups excluding carboxylic acids is 1. The Morgan fingerprint density at radius 3 is 2.73 bits per heavy atom. The van der Waals surface area contributed by atoms with E-state index in [0.29, 0.717) is 23.6 Å². The van der Waals surface area contributed by atoms with Gasteiger partial charge in [0.1, 0.15) is 17.2 Å². The number of para-hydroxylation sites is 1. The predicted octanol–water partition coefficient (Wildman–Crippen LogP) is 2.65. The lowest BCUT2D eigenvalue weighted by molar-refractivity contribution is -0.122. The largest absolute Gasteiger partial charge is 0.497 e. The van der Waals surface area contributed by atoms with Crippen LogP contribution >= 0.6 is 0 Å². The second kappa shape index (κ2) is 5.97. The SMILES string of the molecule is COc1ccc(NC(=O)C2Cc3ccccc3O2)c(OC)c1. The van der Waals surface area contributed by atoms with Crippen LogP contribution in [0.2, 0.25) is 0 Å². The molecule has 0 aliphatic carbocycles. The predicted molar refractivity (Wildman–Crippen MR) is 82.7 cm³/mol. The maximum Gasteiger partial charge on any atom is 0.265 e. The molecule has 1 atom stereocenters. The Kier molecular flexibility index (Phi) is 3.87. The second-order valence-electron chi connectivity index (χ2n) is 4.97. The van der Waals surface area contributed by atoms with Crippen LogP contribution in [0.5, 0.6) is 17.2 Å². The Morgan fingerprint density at radius 2 is 2.00 bits per heavy atom. The van der Waals surface area contributed by atoms with E-state index in [1.54, 1.807) is 32.4 Å². The Balaban J connectivity index is 1.73. The van der Waals surface area contributed by atoms with Crippen LogP contribution in [0.25, 0.3) is 0 Å². The molecular weight excluding hydrogens is 282 g/mol. The van der Waals surface area contributed by atoms with Crippen LogP contribution in [0, 0.1) is 0 Å². The fourth-order valence-corrected chi connectivity index (χ4v) is 2.44. The molecule has 0 saturated heterocycles. The molecule has 0 fully saturated rings. The van der Waals surface area contributed by atoms with E-state index in [1.807, 2.05) is 24.3 Å². The summed E-state index contributed by atoms with van der Waals surface area (Å²) < 4.78 is 16.1. The van der Waals surface area contributed by atoms with Crippen LogP contribution in [0.4, 0.5) is 5.69 Å². The molecule has 22 heavy (non-hydrogen) atoms. The summed E-state index contributed by atoms with van der Waals surface area (Å²) in [5.41, 5.74) is 1.64. The first-order valence-electron chi connectivity index (χ1n) is 6.98. The van der Waals surface area contributed by atoms with Gasteiger partial charge in [-0.3, -0.25) is 4.79 Å². The molecule has 2 aromatic rings. The van der Waals surface area contributed by atoms with Crippen LogP contribution in [0.1, 0.15) is 5.56 Å². The average molecular weight is 299 g/mol. The van der Waals surface area contributed by atoms with E-state index in [0.717, 1.165) is 11.3 Å². The number of nitrogens with one attached hydrogen (secondary N) is 1. The number of carbonyl (C=O) groups is 1. The number of methoxy groups -OCH3 is 2. The van der Waals surface area contributed by atoms with Crippen LogP contribution in [0.3, 0.4) is 0 Å². The van der Waals surface area contributed by atoms with E-state index in [-0.39, 0.29) is 5.91 Å². The summed E-state index contributed by atoms with van der Waals surface area (Å²) in [5.74, 6) is 1.78. The summed E-state index contributed by atoms with van der Waals surface area (Å²) in [6.07, 6.45) is 0.0460. The van der Waals surface area contributed by atoms with Gasteiger partial charge in [-0.15, -0.1) is 0 Å². The topological polar surface area (TPSA) is 56.8 Å². The Hall–Kier alpha value is -2.69. The fourth-order valence-electron chi connectivity index (χ4n) is 2.44. The molecule has 1 aliphatic heterocycles. The summed E-state index contributed by atoms with van der Waals surface area (Å²) in [6, 6.07) is 12.9. The summed E-state index contributed by atoms with van der Waals surface area (Å²) in [4.78, 5) is 12.4. The lowest BCUT2D eigenvalue weighted by Crippen LogP contribution is -2.31. The van der Waals surface area contributed by atoms with Gasteiger partial charge in [-0.2, -0.15) is 0 Å². The maximum atomic E-state index is 12.4. The van der Waals surface area contributed by atoms with Gasteiger partial charge in [0, 0.05) is 12.5 Å². The summed E-state index contributed by atoms with van der Waals surface area (Å²) in [6.45, 7) is 0. The van der Waals surface area contributed by atoms with E-state index in [1.165, 1.54) is 0 Å². The fraction of sp³-hybridized carbons (Fsp3) is 0.235. The number of anilines is 1. The quantitative estimate of drug-likeness (QED) is 0.943. The minimum atomic E-state index is -0.524. The van der Waals surface area contributed by atoms with Crippen molar-refractivity contribution < 1.29 is 19.0 Å². The zero-order chi connectivity index (χ0) is 15.5. The Labute approximate surface area is 128 Å². The number of rotatable bonds is 4. The van der Waals surface area contributed by atoms with E-state index in [9.17, 15) is 4.79 Å². The van der Waals surface area contributed by atoms with E-state index in [4.69, 9.17) is 14.2 Å². The number of benzene rings is 2. The molecule has 3 rings (SSSR count). The van der Waals surface area contributed by atoms with Crippen molar-refractivity contribution in [2.45, 2.75) is 12.5 Å². The highest BCUT2D eigenvalue weighted by Crippen LogP contribution is 2.31. The average Bonchev–Trinajstić information content (AvgIpc) is 2.99. The van der Waals surface area contributed by atoms with Crippen LogP contribution in [-0.2, 0) is 11.2 Å². The van der Waals surface area contributed by atoms with Crippen LogP contribution < -0.4 is 19.5 Å². The molecule has 0 radical (unpaired) electrons. The number of hydrogen-bond donors (Lipinski definition) is 1. The maximum absolute atomic E-state index is 12.4. The molecule has 1 unspecified atom stereocenters. The molecule has 0 spiro atoms. The van der Waals surface area contributed by atoms with Gasteiger partial charge in [0.15, 0.2) is 6.10 Å². The van der Waals surface area contributed by atoms with E-state index < -0.39 is 6.10 Å². The molecule has 1 aliphatic rings. The molecular formula is C17H17NO4. The van der Waals surface area contributed by atoms with Crippen molar-refractivity contribution in [3.8, 4) is 17.2 Å². The standard InChI is InChI=1S/C17H17NO4/c1-20-12-7-8-13(15(10-12)21-2)18-17(19)16-9-11-5-3-4-6-14(11)22-16/h3-8,10,16H,9H2,1-2H3,(H,18,19). The number of ether oxygens (including phenoxy) is 3. The van der Waals surface area contributed by atoms with Gasteiger partial charge in [0.2, 0.25) is 0 Å². The van der Waals surface area contributed by atoms with Crippen molar-refractivity contribution in [1.29, 1.82) is 0 Å². The summed E-state index contributed by atoms with van der Waals surface area (Å²) >= 11 is 0. The third-order valence-electron chi connectivity index (χ3n) is 3.61. The highest BCUT2D eigenvalue weighted by Gasteiger charge is 2.29. The van der Waals surface area contributed by atoms with Crippen LogP contribution in [0.15, 0.2) is 42.5 Å². The first kappa shape index (κ1) is 14.3. The lowest BCUT2D eigenvalue weighted by atomic mass is 10.1. The van der Waals surface area contributed by atoms with Crippen molar-refractivity contribution in [3.05, 3.63) is 48.0 Å². The molecule has 0 bridgehead atoms. The summed E-state index contributed by atoms with van der Waals surface area (Å²) in [7, 11) is 3.13. The molecule has 5 heteroatoms. The van der Waals surface area contributed by atoms with Gasteiger partial charge in [-0.1, -0.05) is 18.2 Å². The Bertz CT molecular complexity index is 674. The zero-order valence-electron chi connectivity index (χ0n) is 12.5. The van der Waals surface area contributed by atoms with Gasteiger partial charge in [0.05, 0.1) is 19.9 Å². The highest BCUT2D eigenvalue weighted by atomic mass is 16.5. The second-order valence-corrected chi connectivity index (χ2v) is 4.97. The first-order valence-corrected chi connectivity index (χ1v) is 6.98. The molecule has 0 saturated carbocycles. The molecule has 0 aromatic heterocycles.